The summed E-state index contributed by atoms with van der Waals surface area (Å²) in [5.41, 5.74) is 2.55. The predicted octanol–water partition coefficient (Wildman–Crippen LogP) is 4.17. The molecule has 2 aromatic carbocycles. The van der Waals surface area contributed by atoms with E-state index < -0.39 is 0 Å². The van der Waals surface area contributed by atoms with Crippen LogP contribution in [-0.4, -0.2) is 17.0 Å². The van der Waals surface area contributed by atoms with Crippen molar-refractivity contribution in [2.75, 3.05) is 6.54 Å². The van der Waals surface area contributed by atoms with Crippen LogP contribution in [0.4, 0.5) is 0 Å². The second-order valence-corrected chi connectivity index (χ2v) is 6.11. The van der Waals surface area contributed by atoms with Gasteiger partial charge in [-0.15, -0.1) is 0 Å². The fourth-order valence-corrected chi connectivity index (χ4v) is 2.97. The lowest BCUT2D eigenvalue weighted by molar-refractivity contribution is -0.121. The van der Waals surface area contributed by atoms with Crippen molar-refractivity contribution in [3.63, 3.8) is 0 Å². The van der Waals surface area contributed by atoms with Gasteiger partial charge >= 0.3 is 0 Å². The van der Waals surface area contributed by atoms with Crippen LogP contribution in [0.1, 0.15) is 24.8 Å². The first-order valence-electron chi connectivity index (χ1n) is 8.67. The summed E-state index contributed by atoms with van der Waals surface area (Å²) in [4.78, 5) is 12.0. The highest BCUT2D eigenvalue weighted by Gasteiger charge is 2.04. The Balaban J connectivity index is 1.34. The number of fused-ring (bicyclic) bond motifs is 1. The maximum absolute atomic E-state index is 12.0. The zero-order chi connectivity index (χ0) is 16.6. The van der Waals surface area contributed by atoms with Gasteiger partial charge < -0.3 is 9.88 Å². The van der Waals surface area contributed by atoms with E-state index >= 15 is 0 Å². The zero-order valence-electron chi connectivity index (χ0n) is 13.9. The van der Waals surface area contributed by atoms with E-state index in [1.165, 1.54) is 16.5 Å². The van der Waals surface area contributed by atoms with E-state index in [4.69, 9.17) is 0 Å². The van der Waals surface area contributed by atoms with Crippen LogP contribution >= 0.6 is 0 Å². The van der Waals surface area contributed by atoms with Crippen LogP contribution in [0.15, 0.2) is 66.9 Å². The van der Waals surface area contributed by atoms with Crippen LogP contribution in [0, 0.1) is 0 Å². The number of nitrogens with one attached hydrogen (secondary N) is 1. The molecule has 0 atom stereocenters. The largest absolute Gasteiger partial charge is 0.356 e. The van der Waals surface area contributed by atoms with Gasteiger partial charge in [-0.2, -0.15) is 0 Å². The van der Waals surface area contributed by atoms with Gasteiger partial charge in [0.2, 0.25) is 5.91 Å². The molecule has 1 aromatic heterocycles. The maximum atomic E-state index is 12.0. The quantitative estimate of drug-likeness (QED) is 0.621. The number of hydrogen-bond acceptors (Lipinski definition) is 1. The van der Waals surface area contributed by atoms with Gasteiger partial charge in [0.1, 0.15) is 0 Å². The van der Waals surface area contributed by atoms with E-state index in [1.807, 2.05) is 18.2 Å². The van der Waals surface area contributed by atoms with Crippen LogP contribution in [0.2, 0.25) is 0 Å². The highest BCUT2D eigenvalue weighted by atomic mass is 16.1. The van der Waals surface area contributed by atoms with E-state index in [-0.39, 0.29) is 5.91 Å². The van der Waals surface area contributed by atoms with Crippen molar-refractivity contribution in [1.29, 1.82) is 0 Å². The minimum atomic E-state index is 0.132. The number of aromatic nitrogens is 1. The molecule has 3 rings (SSSR count). The average molecular weight is 320 g/mol. The molecule has 0 aliphatic rings. The number of carbonyl (C=O) groups excluding carboxylic acids is 1. The van der Waals surface area contributed by atoms with E-state index in [1.54, 1.807) is 0 Å². The minimum absolute atomic E-state index is 0.132. The van der Waals surface area contributed by atoms with Crippen LogP contribution < -0.4 is 5.32 Å². The van der Waals surface area contributed by atoms with Gasteiger partial charge in [0.05, 0.1) is 0 Å². The van der Waals surface area contributed by atoms with Gasteiger partial charge in [0, 0.05) is 31.2 Å². The molecule has 0 bridgehead atoms. The third-order valence-corrected chi connectivity index (χ3v) is 4.32. The number of unbranched alkanes of at least 4 members (excludes halogenated alkanes) is 1. The highest BCUT2D eigenvalue weighted by molar-refractivity contribution is 5.80. The number of aryl methyl sites for hydroxylation is 2. The van der Waals surface area contributed by atoms with Gasteiger partial charge in [-0.1, -0.05) is 48.5 Å². The van der Waals surface area contributed by atoms with Gasteiger partial charge in [-0.3, -0.25) is 4.79 Å². The molecular formula is C21H24N2O. The minimum Gasteiger partial charge on any atom is -0.356 e. The molecule has 1 heterocycles. The SMILES string of the molecule is O=C(CCn1ccc2ccccc21)NCCCCc1ccccc1. The molecule has 3 heteroatoms. The van der Waals surface area contributed by atoms with Crippen LogP contribution in [0.25, 0.3) is 10.9 Å². The summed E-state index contributed by atoms with van der Waals surface area (Å²) in [7, 11) is 0. The Morgan fingerprint density at radius 1 is 0.917 bits per heavy atom. The summed E-state index contributed by atoms with van der Waals surface area (Å²) >= 11 is 0. The second-order valence-electron chi connectivity index (χ2n) is 6.11. The van der Waals surface area contributed by atoms with Gasteiger partial charge in [-0.25, -0.2) is 0 Å². The molecule has 1 amide bonds. The van der Waals surface area contributed by atoms with Gasteiger partial charge in [-0.05, 0) is 42.3 Å². The zero-order valence-corrected chi connectivity index (χ0v) is 13.9. The molecule has 3 nitrogen and oxygen atoms in total. The summed E-state index contributed by atoms with van der Waals surface area (Å²) in [5, 5.41) is 4.25. The van der Waals surface area contributed by atoms with Crippen molar-refractivity contribution >= 4 is 16.8 Å². The average Bonchev–Trinajstić information content (AvgIpc) is 3.04. The molecule has 24 heavy (non-hydrogen) atoms. The summed E-state index contributed by atoms with van der Waals surface area (Å²) in [6.07, 6.45) is 5.78. The number of carbonyl (C=O) groups is 1. The molecule has 3 aromatic rings. The van der Waals surface area contributed by atoms with Crippen molar-refractivity contribution in [3.8, 4) is 0 Å². The number of benzene rings is 2. The summed E-state index contributed by atoms with van der Waals surface area (Å²) in [5.74, 6) is 0.132. The molecule has 0 unspecified atom stereocenters. The first-order chi connectivity index (χ1) is 11.8. The summed E-state index contributed by atoms with van der Waals surface area (Å²) in [6, 6.07) is 20.8. The number of hydrogen-bond donors (Lipinski definition) is 1. The molecule has 0 saturated heterocycles. The molecule has 0 aliphatic carbocycles. The van der Waals surface area contributed by atoms with Crippen LogP contribution in [0.3, 0.4) is 0 Å². The van der Waals surface area contributed by atoms with E-state index in [9.17, 15) is 4.79 Å². The van der Waals surface area contributed by atoms with Crippen molar-refractivity contribution in [2.45, 2.75) is 32.2 Å². The Morgan fingerprint density at radius 2 is 1.71 bits per heavy atom. The van der Waals surface area contributed by atoms with Crippen molar-refractivity contribution in [2.24, 2.45) is 0 Å². The van der Waals surface area contributed by atoms with Gasteiger partial charge in [0.15, 0.2) is 0 Å². The summed E-state index contributed by atoms with van der Waals surface area (Å²) < 4.78 is 2.14. The van der Waals surface area contributed by atoms with Crippen LogP contribution in [0.5, 0.6) is 0 Å². The monoisotopic (exact) mass is 320 g/mol. The highest BCUT2D eigenvalue weighted by Crippen LogP contribution is 2.15. The van der Waals surface area contributed by atoms with E-state index in [0.717, 1.165) is 32.4 Å². The fourth-order valence-electron chi connectivity index (χ4n) is 2.97. The third-order valence-electron chi connectivity index (χ3n) is 4.32. The Bertz CT molecular complexity index is 777. The number of amides is 1. The van der Waals surface area contributed by atoms with Crippen molar-refractivity contribution < 1.29 is 4.79 Å². The Hall–Kier alpha value is -2.55. The smallest absolute Gasteiger partial charge is 0.221 e. The van der Waals surface area contributed by atoms with Gasteiger partial charge in [0.25, 0.3) is 0 Å². The lowest BCUT2D eigenvalue weighted by atomic mass is 10.1. The second kappa shape index (κ2) is 8.34. The molecular weight excluding hydrogens is 296 g/mol. The fraction of sp³-hybridized carbons (Fsp3) is 0.286. The summed E-state index contributed by atoms with van der Waals surface area (Å²) in [6.45, 7) is 1.49. The Kier molecular flexibility index (Phi) is 5.67. The molecule has 0 spiro atoms. The predicted molar refractivity (Wildman–Crippen MR) is 98.9 cm³/mol. The first kappa shape index (κ1) is 16.3. The van der Waals surface area contributed by atoms with Crippen LogP contribution in [-0.2, 0) is 17.8 Å². The number of nitrogens with zero attached hydrogens (tertiary/aromatic N) is 1. The third kappa shape index (κ3) is 4.48. The lowest BCUT2D eigenvalue weighted by Crippen LogP contribution is -2.25. The normalized spacial score (nSPS) is 10.8. The number of para-hydroxylation sites is 1. The molecule has 1 N–H and O–H groups in total. The standard InChI is InChI=1S/C21H24N2O/c24-21(22-15-7-6-10-18-8-2-1-3-9-18)14-17-23-16-13-19-11-4-5-12-20(19)23/h1-5,8-9,11-13,16H,6-7,10,14-15,17H2,(H,22,24). The van der Waals surface area contributed by atoms with Crippen molar-refractivity contribution in [1.82, 2.24) is 9.88 Å². The Morgan fingerprint density at radius 3 is 2.58 bits per heavy atom. The molecule has 0 aliphatic heterocycles. The molecule has 0 radical (unpaired) electrons. The molecule has 0 fully saturated rings. The molecule has 124 valence electrons. The Labute approximate surface area is 143 Å². The number of rotatable bonds is 8. The first-order valence-corrected chi connectivity index (χ1v) is 8.67. The van der Waals surface area contributed by atoms with E-state index in [2.05, 4.69) is 58.5 Å². The maximum Gasteiger partial charge on any atom is 0.221 e. The topological polar surface area (TPSA) is 34.0 Å². The lowest BCUT2D eigenvalue weighted by Gasteiger charge is -2.07. The van der Waals surface area contributed by atoms with Crippen molar-refractivity contribution in [3.05, 3.63) is 72.4 Å². The van der Waals surface area contributed by atoms with E-state index in [0.29, 0.717) is 6.42 Å². The molecule has 0 saturated carbocycles.